The summed E-state index contributed by atoms with van der Waals surface area (Å²) in [6.07, 6.45) is 4.12. The van der Waals surface area contributed by atoms with Gasteiger partial charge >= 0.3 is 0 Å². The summed E-state index contributed by atoms with van der Waals surface area (Å²) in [6.45, 7) is 5.11. The summed E-state index contributed by atoms with van der Waals surface area (Å²) in [6, 6.07) is 1.92. The second-order valence-electron chi connectivity index (χ2n) is 8.16. The molecule has 3 aromatic heterocycles. The molecular weight excluding hydrogens is 422 g/mol. The predicted molar refractivity (Wildman–Crippen MR) is 117 cm³/mol. The lowest BCUT2D eigenvalue weighted by atomic mass is 9.99. The van der Waals surface area contributed by atoms with Gasteiger partial charge in [-0.05, 0) is 43.0 Å². The number of carbonyl (C=O) groups is 1. The minimum Gasteiger partial charge on any atom is -0.376 e. The molecular formula is C20H25N5O3S2. The van der Waals surface area contributed by atoms with Crippen LogP contribution in [0, 0.1) is 5.92 Å². The largest absolute Gasteiger partial charge is 0.376 e. The van der Waals surface area contributed by atoms with Crippen molar-refractivity contribution in [2.24, 2.45) is 5.92 Å². The maximum Gasteiger partial charge on any atom is 0.272 e. The number of hydrogen-bond acceptors (Lipinski definition) is 7. The van der Waals surface area contributed by atoms with E-state index in [-0.39, 0.29) is 17.6 Å². The third-order valence-electron chi connectivity index (χ3n) is 6.05. The van der Waals surface area contributed by atoms with E-state index < -0.39 is 0 Å². The molecule has 0 saturated carbocycles. The molecule has 10 heteroatoms. The zero-order chi connectivity index (χ0) is 20.7. The van der Waals surface area contributed by atoms with Crippen LogP contribution in [0.1, 0.15) is 32.6 Å². The number of carbonyl (C=O) groups excluding carboxylic acids is 1. The summed E-state index contributed by atoms with van der Waals surface area (Å²) in [5, 5.41) is 11.2. The number of aromatic nitrogens is 4. The zero-order valence-electron chi connectivity index (χ0n) is 17.0. The summed E-state index contributed by atoms with van der Waals surface area (Å²) in [5.74, 6) is 1.67. The van der Waals surface area contributed by atoms with Crippen molar-refractivity contribution in [2.45, 2.75) is 50.4 Å². The topological polar surface area (TPSA) is 81.7 Å². The number of amides is 1. The van der Waals surface area contributed by atoms with Crippen molar-refractivity contribution in [3.05, 3.63) is 21.8 Å². The Bertz CT molecular complexity index is 1120. The Morgan fingerprint density at radius 3 is 2.90 bits per heavy atom. The van der Waals surface area contributed by atoms with Crippen LogP contribution in [0.4, 0.5) is 0 Å². The Kier molecular flexibility index (Phi) is 5.55. The lowest BCUT2D eigenvalue weighted by molar-refractivity contribution is -0.129. The van der Waals surface area contributed by atoms with Crippen LogP contribution in [0.25, 0.3) is 16.0 Å². The molecule has 0 radical (unpaired) electrons. The quantitative estimate of drug-likeness (QED) is 0.560. The van der Waals surface area contributed by atoms with E-state index in [0.717, 1.165) is 50.9 Å². The monoisotopic (exact) mass is 447 g/mol. The van der Waals surface area contributed by atoms with E-state index in [0.29, 0.717) is 33.8 Å². The van der Waals surface area contributed by atoms with Crippen LogP contribution < -0.4 is 5.56 Å². The number of thiophene rings is 1. The smallest absolute Gasteiger partial charge is 0.272 e. The van der Waals surface area contributed by atoms with Gasteiger partial charge in [0.25, 0.3) is 5.56 Å². The number of rotatable bonds is 5. The summed E-state index contributed by atoms with van der Waals surface area (Å²) in [7, 11) is 0. The molecule has 1 atom stereocenters. The van der Waals surface area contributed by atoms with Gasteiger partial charge in [-0.2, -0.15) is 0 Å². The predicted octanol–water partition coefficient (Wildman–Crippen LogP) is 2.64. The molecule has 2 fully saturated rings. The van der Waals surface area contributed by atoms with E-state index >= 15 is 0 Å². The van der Waals surface area contributed by atoms with E-state index in [1.807, 2.05) is 20.7 Å². The van der Waals surface area contributed by atoms with Crippen LogP contribution in [-0.4, -0.2) is 61.5 Å². The normalized spacial score (nSPS) is 20.6. The molecule has 0 bridgehead atoms. The first-order valence-electron chi connectivity index (χ1n) is 10.5. The van der Waals surface area contributed by atoms with Crippen molar-refractivity contribution in [2.75, 3.05) is 25.4 Å². The summed E-state index contributed by atoms with van der Waals surface area (Å²) in [5.41, 5.74) is 0.751. The highest BCUT2D eigenvalue weighted by molar-refractivity contribution is 7.99. The molecule has 1 unspecified atom stereocenters. The fourth-order valence-corrected chi connectivity index (χ4v) is 5.89. The van der Waals surface area contributed by atoms with Crippen LogP contribution in [0.2, 0.25) is 0 Å². The van der Waals surface area contributed by atoms with Gasteiger partial charge in [0.15, 0.2) is 5.16 Å². The van der Waals surface area contributed by atoms with E-state index in [4.69, 9.17) is 4.74 Å². The Labute approximate surface area is 182 Å². The van der Waals surface area contributed by atoms with Gasteiger partial charge in [-0.1, -0.05) is 18.7 Å². The summed E-state index contributed by atoms with van der Waals surface area (Å²) >= 11 is 2.82. The Morgan fingerprint density at radius 1 is 1.30 bits per heavy atom. The van der Waals surface area contributed by atoms with E-state index in [9.17, 15) is 9.59 Å². The second-order valence-corrected chi connectivity index (χ2v) is 10.0. The fourth-order valence-electron chi connectivity index (χ4n) is 4.23. The van der Waals surface area contributed by atoms with Crippen LogP contribution >= 0.6 is 23.1 Å². The van der Waals surface area contributed by atoms with E-state index in [1.54, 1.807) is 4.57 Å². The van der Waals surface area contributed by atoms with Gasteiger partial charge in [0.2, 0.25) is 11.7 Å². The molecule has 5 rings (SSSR count). The SMILES string of the molecule is CC1CCN(C(=O)CSc2nnc3n(CC4CCCO4)c(=O)c4sccc4n23)CC1. The maximum absolute atomic E-state index is 13.1. The summed E-state index contributed by atoms with van der Waals surface area (Å²) < 4.78 is 10.0. The molecule has 2 aliphatic heterocycles. The molecule has 160 valence electrons. The molecule has 0 spiro atoms. The van der Waals surface area contributed by atoms with Crippen LogP contribution in [-0.2, 0) is 16.1 Å². The van der Waals surface area contributed by atoms with Crippen molar-refractivity contribution >= 4 is 45.0 Å². The number of piperidine rings is 1. The first-order chi connectivity index (χ1) is 14.6. The number of likely N-dealkylation sites (tertiary alicyclic amines) is 1. The Balaban J connectivity index is 1.44. The van der Waals surface area contributed by atoms with Crippen molar-refractivity contribution in [1.29, 1.82) is 0 Å². The van der Waals surface area contributed by atoms with Crippen LogP contribution in [0.5, 0.6) is 0 Å². The fraction of sp³-hybridized carbons (Fsp3) is 0.600. The molecule has 30 heavy (non-hydrogen) atoms. The van der Waals surface area contributed by atoms with Crippen molar-refractivity contribution in [3.63, 3.8) is 0 Å². The third-order valence-corrected chi connectivity index (χ3v) is 7.86. The van der Waals surface area contributed by atoms with Crippen LogP contribution in [0.15, 0.2) is 21.4 Å². The van der Waals surface area contributed by atoms with Gasteiger partial charge in [0, 0.05) is 19.7 Å². The first kappa shape index (κ1) is 20.0. The highest BCUT2D eigenvalue weighted by Gasteiger charge is 2.24. The molecule has 0 aliphatic carbocycles. The number of nitrogens with zero attached hydrogens (tertiary/aromatic N) is 5. The van der Waals surface area contributed by atoms with Crippen LogP contribution in [0.3, 0.4) is 0 Å². The highest BCUT2D eigenvalue weighted by Crippen LogP contribution is 2.26. The number of ether oxygens (including phenoxy) is 1. The van der Waals surface area contributed by atoms with Crippen molar-refractivity contribution in [3.8, 4) is 0 Å². The molecule has 0 aromatic carbocycles. The third kappa shape index (κ3) is 3.65. The first-order valence-corrected chi connectivity index (χ1v) is 12.4. The number of hydrogen-bond donors (Lipinski definition) is 0. The van der Waals surface area contributed by atoms with Crippen molar-refractivity contribution in [1.82, 2.24) is 24.1 Å². The summed E-state index contributed by atoms with van der Waals surface area (Å²) in [4.78, 5) is 27.7. The minimum atomic E-state index is -0.0505. The number of thioether (sulfide) groups is 1. The Morgan fingerprint density at radius 2 is 2.13 bits per heavy atom. The molecule has 3 aromatic rings. The average molecular weight is 448 g/mol. The van der Waals surface area contributed by atoms with Gasteiger partial charge in [-0.25, -0.2) is 0 Å². The average Bonchev–Trinajstić information content (AvgIpc) is 3.50. The van der Waals surface area contributed by atoms with Gasteiger partial charge in [-0.3, -0.25) is 18.6 Å². The molecule has 2 saturated heterocycles. The standard InChI is InChI=1S/C20H25N5O3S2/c1-13-4-7-23(8-5-13)16(26)12-30-20-22-21-19-24(11-14-3-2-9-28-14)18(27)17-15(25(19)20)6-10-29-17/h6,10,13-14H,2-5,7-9,11-12H2,1H3. The lowest BCUT2D eigenvalue weighted by Gasteiger charge is -2.30. The van der Waals surface area contributed by atoms with Gasteiger partial charge < -0.3 is 9.64 Å². The highest BCUT2D eigenvalue weighted by atomic mass is 32.2. The maximum atomic E-state index is 13.1. The molecule has 2 aliphatic rings. The molecule has 5 heterocycles. The molecule has 1 amide bonds. The van der Waals surface area contributed by atoms with E-state index in [1.165, 1.54) is 23.1 Å². The zero-order valence-corrected chi connectivity index (χ0v) is 18.6. The number of fused-ring (bicyclic) bond motifs is 3. The molecule has 8 nitrogen and oxygen atoms in total. The second kappa shape index (κ2) is 8.32. The molecule has 0 N–H and O–H groups in total. The van der Waals surface area contributed by atoms with E-state index in [2.05, 4.69) is 17.1 Å². The van der Waals surface area contributed by atoms with Gasteiger partial charge in [0.05, 0.1) is 23.9 Å². The Hall–Kier alpha value is -1.91. The minimum absolute atomic E-state index is 0.0276. The van der Waals surface area contributed by atoms with Gasteiger partial charge in [0.1, 0.15) is 4.70 Å². The van der Waals surface area contributed by atoms with Crippen molar-refractivity contribution < 1.29 is 9.53 Å². The lowest BCUT2D eigenvalue weighted by Crippen LogP contribution is -2.38. The van der Waals surface area contributed by atoms with Gasteiger partial charge in [-0.15, -0.1) is 21.5 Å².